The van der Waals surface area contributed by atoms with Crippen LogP contribution in [0.3, 0.4) is 0 Å². The Kier molecular flexibility index (Phi) is 5.19. The van der Waals surface area contributed by atoms with Crippen LogP contribution >= 0.6 is 34.2 Å². The number of anilines is 1. The van der Waals surface area contributed by atoms with Crippen LogP contribution in [-0.4, -0.2) is 23.5 Å². The summed E-state index contributed by atoms with van der Waals surface area (Å²) in [4.78, 5) is 24.9. The van der Waals surface area contributed by atoms with Crippen LogP contribution in [0.2, 0.25) is 5.02 Å². The summed E-state index contributed by atoms with van der Waals surface area (Å²) in [5.41, 5.74) is 0.911. The van der Waals surface area contributed by atoms with Gasteiger partial charge in [-0.25, -0.2) is 0 Å². The number of amides is 1. The standard InChI is InChI=1S/C15H11ClINO3/c16-10-4-3-5-11(8-10)18(9-14(19)20)15(21)12-6-1-2-7-13(12)17/h1-8H,9H2,(H,19,20). The molecule has 4 nitrogen and oxygen atoms in total. The molecule has 0 saturated heterocycles. The molecule has 0 heterocycles. The molecular weight excluding hydrogens is 405 g/mol. The van der Waals surface area contributed by atoms with Crippen molar-refractivity contribution < 1.29 is 14.7 Å². The normalized spacial score (nSPS) is 10.2. The molecule has 21 heavy (non-hydrogen) atoms. The lowest BCUT2D eigenvalue weighted by Gasteiger charge is -2.21. The molecular formula is C15H11ClINO3. The smallest absolute Gasteiger partial charge is 0.323 e. The number of nitrogens with zero attached hydrogens (tertiary/aromatic N) is 1. The van der Waals surface area contributed by atoms with Gasteiger partial charge in [0.2, 0.25) is 0 Å². The Morgan fingerprint density at radius 1 is 1.14 bits per heavy atom. The minimum atomic E-state index is -1.09. The molecule has 0 atom stereocenters. The van der Waals surface area contributed by atoms with Crippen molar-refractivity contribution >= 4 is 51.8 Å². The number of rotatable bonds is 4. The van der Waals surface area contributed by atoms with E-state index in [0.717, 1.165) is 3.57 Å². The van der Waals surface area contributed by atoms with E-state index in [0.29, 0.717) is 16.3 Å². The van der Waals surface area contributed by atoms with Crippen molar-refractivity contribution in [3.63, 3.8) is 0 Å². The van der Waals surface area contributed by atoms with E-state index in [2.05, 4.69) is 0 Å². The molecule has 0 aliphatic carbocycles. The molecule has 0 spiro atoms. The van der Waals surface area contributed by atoms with E-state index < -0.39 is 12.5 Å². The van der Waals surface area contributed by atoms with Gasteiger partial charge in [-0.1, -0.05) is 29.8 Å². The Bertz CT molecular complexity index is 690. The molecule has 0 aliphatic rings. The van der Waals surface area contributed by atoms with Gasteiger partial charge in [0.15, 0.2) is 0 Å². The van der Waals surface area contributed by atoms with Gasteiger partial charge in [-0.05, 0) is 52.9 Å². The number of hydrogen-bond donors (Lipinski definition) is 1. The van der Waals surface area contributed by atoms with Gasteiger partial charge in [-0.2, -0.15) is 0 Å². The molecule has 2 rings (SSSR count). The molecule has 0 saturated carbocycles. The lowest BCUT2D eigenvalue weighted by Crippen LogP contribution is -2.36. The van der Waals surface area contributed by atoms with Crippen molar-refractivity contribution in [2.45, 2.75) is 0 Å². The second-order valence-corrected chi connectivity index (χ2v) is 5.84. The highest BCUT2D eigenvalue weighted by Gasteiger charge is 2.22. The highest BCUT2D eigenvalue weighted by atomic mass is 127. The molecule has 2 aromatic rings. The number of benzene rings is 2. The largest absolute Gasteiger partial charge is 0.480 e. The number of carboxylic acid groups (broad SMARTS) is 1. The lowest BCUT2D eigenvalue weighted by atomic mass is 10.2. The highest BCUT2D eigenvalue weighted by Crippen LogP contribution is 2.23. The molecule has 2 aromatic carbocycles. The summed E-state index contributed by atoms with van der Waals surface area (Å²) < 4.78 is 0.762. The highest BCUT2D eigenvalue weighted by molar-refractivity contribution is 14.1. The average molecular weight is 416 g/mol. The molecule has 0 bridgehead atoms. The van der Waals surface area contributed by atoms with Gasteiger partial charge in [0.1, 0.15) is 6.54 Å². The molecule has 0 radical (unpaired) electrons. The van der Waals surface area contributed by atoms with Crippen LogP contribution in [0, 0.1) is 3.57 Å². The minimum Gasteiger partial charge on any atom is -0.480 e. The van der Waals surface area contributed by atoms with E-state index >= 15 is 0 Å². The Morgan fingerprint density at radius 3 is 2.48 bits per heavy atom. The van der Waals surface area contributed by atoms with Gasteiger partial charge in [-0.15, -0.1) is 0 Å². The second kappa shape index (κ2) is 6.91. The fourth-order valence-electron chi connectivity index (χ4n) is 1.84. The summed E-state index contributed by atoms with van der Waals surface area (Å²) in [5, 5.41) is 9.49. The Morgan fingerprint density at radius 2 is 1.86 bits per heavy atom. The van der Waals surface area contributed by atoms with Crippen LogP contribution in [0.1, 0.15) is 10.4 Å². The topological polar surface area (TPSA) is 57.6 Å². The van der Waals surface area contributed by atoms with Gasteiger partial charge in [-0.3, -0.25) is 14.5 Å². The minimum absolute atomic E-state index is 0.371. The zero-order valence-electron chi connectivity index (χ0n) is 10.8. The summed E-state index contributed by atoms with van der Waals surface area (Å²) in [7, 11) is 0. The second-order valence-electron chi connectivity index (χ2n) is 4.24. The van der Waals surface area contributed by atoms with Gasteiger partial charge in [0.25, 0.3) is 5.91 Å². The van der Waals surface area contributed by atoms with E-state index in [9.17, 15) is 9.59 Å². The first-order chi connectivity index (χ1) is 9.99. The van der Waals surface area contributed by atoms with Crippen LogP contribution < -0.4 is 4.90 Å². The number of carboxylic acids is 1. The van der Waals surface area contributed by atoms with E-state index in [-0.39, 0.29) is 5.91 Å². The quantitative estimate of drug-likeness (QED) is 0.775. The molecule has 1 N–H and O–H groups in total. The first-order valence-electron chi connectivity index (χ1n) is 6.03. The van der Waals surface area contributed by atoms with Crippen molar-refractivity contribution in [2.75, 3.05) is 11.4 Å². The van der Waals surface area contributed by atoms with Crippen LogP contribution in [-0.2, 0) is 4.79 Å². The van der Waals surface area contributed by atoms with Crippen LogP contribution in [0.25, 0.3) is 0 Å². The average Bonchev–Trinajstić information content (AvgIpc) is 2.44. The van der Waals surface area contributed by atoms with Crippen LogP contribution in [0.5, 0.6) is 0 Å². The van der Waals surface area contributed by atoms with Crippen molar-refractivity contribution in [3.8, 4) is 0 Å². The number of hydrogen-bond acceptors (Lipinski definition) is 2. The maximum absolute atomic E-state index is 12.6. The number of carbonyl (C=O) groups is 2. The van der Waals surface area contributed by atoms with E-state index in [1.165, 1.54) is 4.90 Å². The summed E-state index contributed by atoms with van der Waals surface area (Å²) >= 11 is 7.97. The molecule has 1 amide bonds. The fraction of sp³-hybridized carbons (Fsp3) is 0.0667. The third kappa shape index (κ3) is 3.95. The summed E-state index contributed by atoms with van der Waals surface area (Å²) in [6.45, 7) is -0.426. The summed E-state index contributed by atoms with van der Waals surface area (Å²) in [6.07, 6.45) is 0. The predicted molar refractivity (Wildman–Crippen MR) is 89.9 cm³/mol. The molecule has 108 valence electrons. The Balaban J connectivity index is 2.43. The number of aliphatic carboxylic acids is 1. The number of carbonyl (C=O) groups excluding carboxylic acids is 1. The van der Waals surface area contributed by atoms with Crippen LogP contribution in [0.15, 0.2) is 48.5 Å². The summed E-state index contributed by atoms with van der Waals surface area (Å²) in [6, 6.07) is 13.6. The van der Waals surface area contributed by atoms with Gasteiger partial charge < -0.3 is 5.11 Å². The molecule has 6 heteroatoms. The maximum atomic E-state index is 12.6. The van der Waals surface area contributed by atoms with Crippen molar-refractivity contribution in [2.24, 2.45) is 0 Å². The zero-order valence-corrected chi connectivity index (χ0v) is 13.7. The predicted octanol–water partition coefficient (Wildman–Crippen LogP) is 3.68. The van der Waals surface area contributed by atoms with E-state index in [1.807, 2.05) is 28.7 Å². The van der Waals surface area contributed by atoms with Crippen molar-refractivity contribution in [3.05, 3.63) is 62.7 Å². The van der Waals surface area contributed by atoms with Crippen molar-refractivity contribution in [1.82, 2.24) is 0 Å². The first kappa shape index (κ1) is 15.8. The van der Waals surface area contributed by atoms with E-state index in [4.69, 9.17) is 16.7 Å². The van der Waals surface area contributed by atoms with Crippen LogP contribution in [0.4, 0.5) is 5.69 Å². The molecule has 0 aromatic heterocycles. The molecule has 0 fully saturated rings. The Labute approximate surface area is 140 Å². The third-order valence-electron chi connectivity index (χ3n) is 2.76. The van der Waals surface area contributed by atoms with Gasteiger partial charge >= 0.3 is 5.97 Å². The van der Waals surface area contributed by atoms with Gasteiger partial charge in [0.05, 0.1) is 5.56 Å². The first-order valence-corrected chi connectivity index (χ1v) is 7.48. The van der Waals surface area contributed by atoms with Crippen molar-refractivity contribution in [1.29, 1.82) is 0 Å². The SMILES string of the molecule is O=C(O)CN(C(=O)c1ccccc1I)c1cccc(Cl)c1. The number of halogens is 2. The van der Waals surface area contributed by atoms with Gasteiger partial charge in [0, 0.05) is 14.3 Å². The molecule has 0 aliphatic heterocycles. The lowest BCUT2D eigenvalue weighted by molar-refractivity contribution is -0.135. The Hall–Kier alpha value is -1.60. The third-order valence-corrected chi connectivity index (χ3v) is 3.94. The monoisotopic (exact) mass is 415 g/mol. The van der Waals surface area contributed by atoms with E-state index in [1.54, 1.807) is 42.5 Å². The zero-order chi connectivity index (χ0) is 15.4. The fourth-order valence-corrected chi connectivity index (χ4v) is 2.64. The summed E-state index contributed by atoms with van der Waals surface area (Å²) in [5.74, 6) is -1.46. The molecule has 0 unspecified atom stereocenters. The maximum Gasteiger partial charge on any atom is 0.323 e.